The molecule has 0 aromatic heterocycles. The first-order chi connectivity index (χ1) is 11.6. The number of nitrogens with zero attached hydrogens (tertiary/aromatic N) is 1. The summed E-state index contributed by atoms with van der Waals surface area (Å²) in [6.45, 7) is 7.10. The second-order valence-electron chi connectivity index (χ2n) is 7.23. The highest BCUT2D eigenvalue weighted by Crippen LogP contribution is 2.19. The van der Waals surface area contributed by atoms with Crippen molar-refractivity contribution in [3.63, 3.8) is 0 Å². The van der Waals surface area contributed by atoms with E-state index in [0.717, 1.165) is 13.0 Å². The van der Waals surface area contributed by atoms with E-state index < -0.39 is 5.97 Å². The molecule has 0 rings (SSSR count). The SMILES string of the molecule is CC(C)NC(=O)C(CCCC(=O)O)CC(C)C(=O)NCCCN(C)C. The Morgan fingerprint density at radius 3 is 2.20 bits per heavy atom. The van der Waals surface area contributed by atoms with Gasteiger partial charge >= 0.3 is 5.97 Å². The summed E-state index contributed by atoms with van der Waals surface area (Å²) in [7, 11) is 3.97. The van der Waals surface area contributed by atoms with Crippen LogP contribution >= 0.6 is 0 Å². The summed E-state index contributed by atoms with van der Waals surface area (Å²) in [5.74, 6) is -1.65. The Morgan fingerprint density at radius 2 is 1.68 bits per heavy atom. The standard InChI is InChI=1S/C18H35N3O4/c1-13(2)20-18(25)15(8-6-9-16(22)23)12-14(3)17(24)19-10-7-11-21(4)5/h13-15H,6-12H2,1-5H3,(H,19,24)(H,20,25)(H,22,23). The van der Waals surface area contributed by atoms with Crippen LogP contribution in [0.5, 0.6) is 0 Å². The van der Waals surface area contributed by atoms with E-state index in [9.17, 15) is 14.4 Å². The number of amides is 2. The van der Waals surface area contributed by atoms with Gasteiger partial charge in [-0.15, -0.1) is 0 Å². The molecule has 2 atom stereocenters. The van der Waals surface area contributed by atoms with Crippen molar-refractivity contribution in [3.05, 3.63) is 0 Å². The monoisotopic (exact) mass is 357 g/mol. The molecule has 3 N–H and O–H groups in total. The van der Waals surface area contributed by atoms with Crippen molar-refractivity contribution in [3.8, 4) is 0 Å². The third-order valence-electron chi connectivity index (χ3n) is 3.91. The van der Waals surface area contributed by atoms with Gasteiger partial charge in [-0.1, -0.05) is 6.92 Å². The zero-order valence-corrected chi connectivity index (χ0v) is 16.3. The number of hydrogen-bond donors (Lipinski definition) is 3. The van der Waals surface area contributed by atoms with Crippen LogP contribution in [0.2, 0.25) is 0 Å². The molecule has 0 bridgehead atoms. The van der Waals surface area contributed by atoms with Gasteiger partial charge in [0.05, 0.1) is 0 Å². The molecular formula is C18H35N3O4. The lowest BCUT2D eigenvalue weighted by Gasteiger charge is -2.21. The number of nitrogens with one attached hydrogen (secondary N) is 2. The summed E-state index contributed by atoms with van der Waals surface area (Å²) in [5, 5.41) is 14.5. The fourth-order valence-electron chi connectivity index (χ4n) is 2.57. The molecule has 7 nitrogen and oxygen atoms in total. The highest BCUT2D eigenvalue weighted by molar-refractivity contribution is 5.82. The molecule has 0 aliphatic heterocycles. The summed E-state index contributed by atoms with van der Waals surface area (Å²) in [4.78, 5) is 37.3. The molecule has 2 unspecified atom stereocenters. The number of hydrogen-bond acceptors (Lipinski definition) is 4. The van der Waals surface area contributed by atoms with Gasteiger partial charge in [-0.25, -0.2) is 0 Å². The maximum atomic E-state index is 12.3. The zero-order chi connectivity index (χ0) is 19.4. The lowest BCUT2D eigenvalue weighted by molar-refractivity contribution is -0.137. The number of carboxylic acids is 1. The first-order valence-electron chi connectivity index (χ1n) is 9.08. The summed E-state index contributed by atoms with van der Waals surface area (Å²) < 4.78 is 0. The van der Waals surface area contributed by atoms with Gasteiger partial charge in [-0.3, -0.25) is 14.4 Å². The van der Waals surface area contributed by atoms with E-state index in [1.165, 1.54) is 0 Å². The molecule has 0 aliphatic rings. The normalized spacial score (nSPS) is 13.6. The molecule has 25 heavy (non-hydrogen) atoms. The van der Waals surface area contributed by atoms with Crippen LogP contribution in [-0.4, -0.2) is 61.0 Å². The molecule has 2 amide bonds. The summed E-state index contributed by atoms with van der Waals surface area (Å²) in [6.07, 6.45) is 2.25. The first kappa shape index (κ1) is 23.4. The number of carbonyl (C=O) groups is 3. The minimum atomic E-state index is -0.866. The van der Waals surface area contributed by atoms with Gasteiger partial charge in [0, 0.05) is 30.8 Å². The molecule has 0 aliphatic carbocycles. The lowest BCUT2D eigenvalue weighted by atomic mass is 9.90. The fourth-order valence-corrected chi connectivity index (χ4v) is 2.57. The Kier molecular flexibility index (Phi) is 11.9. The Balaban J connectivity index is 4.50. The number of aliphatic carboxylic acids is 1. The van der Waals surface area contributed by atoms with E-state index in [1.807, 2.05) is 34.9 Å². The molecule has 0 radical (unpaired) electrons. The third kappa shape index (κ3) is 12.4. The minimum Gasteiger partial charge on any atom is -0.481 e. The van der Waals surface area contributed by atoms with Crippen molar-refractivity contribution >= 4 is 17.8 Å². The van der Waals surface area contributed by atoms with Crippen molar-refractivity contribution in [1.29, 1.82) is 0 Å². The van der Waals surface area contributed by atoms with E-state index >= 15 is 0 Å². The predicted octanol–water partition coefficient (Wildman–Crippen LogP) is 1.48. The largest absolute Gasteiger partial charge is 0.481 e. The third-order valence-corrected chi connectivity index (χ3v) is 3.91. The summed E-state index contributed by atoms with van der Waals surface area (Å²) >= 11 is 0. The van der Waals surface area contributed by atoms with Crippen LogP contribution < -0.4 is 10.6 Å². The van der Waals surface area contributed by atoms with Crippen LogP contribution in [0.3, 0.4) is 0 Å². The van der Waals surface area contributed by atoms with Crippen molar-refractivity contribution in [2.45, 2.75) is 58.9 Å². The molecule has 146 valence electrons. The van der Waals surface area contributed by atoms with E-state index in [0.29, 0.717) is 25.8 Å². The fraction of sp³-hybridized carbons (Fsp3) is 0.833. The summed E-state index contributed by atoms with van der Waals surface area (Å²) in [5.41, 5.74) is 0. The van der Waals surface area contributed by atoms with Crippen LogP contribution in [0, 0.1) is 11.8 Å². The minimum absolute atomic E-state index is 0.0182. The van der Waals surface area contributed by atoms with E-state index in [2.05, 4.69) is 15.5 Å². The van der Waals surface area contributed by atoms with E-state index in [1.54, 1.807) is 0 Å². The maximum Gasteiger partial charge on any atom is 0.303 e. The highest BCUT2D eigenvalue weighted by atomic mass is 16.4. The van der Waals surface area contributed by atoms with Gasteiger partial charge in [0.15, 0.2) is 0 Å². The topological polar surface area (TPSA) is 98.7 Å². The average Bonchev–Trinajstić information content (AvgIpc) is 2.48. The molecule has 0 heterocycles. The zero-order valence-electron chi connectivity index (χ0n) is 16.3. The van der Waals surface area contributed by atoms with Gasteiger partial charge in [0.1, 0.15) is 0 Å². The van der Waals surface area contributed by atoms with Gasteiger partial charge in [0.25, 0.3) is 0 Å². The Hall–Kier alpha value is -1.63. The molecule has 0 aromatic rings. The van der Waals surface area contributed by atoms with E-state index in [4.69, 9.17) is 5.11 Å². The molecular weight excluding hydrogens is 322 g/mol. The summed E-state index contributed by atoms with van der Waals surface area (Å²) in [6, 6.07) is 0.0182. The number of carboxylic acid groups (broad SMARTS) is 1. The van der Waals surface area contributed by atoms with Crippen LogP contribution in [0.25, 0.3) is 0 Å². The Labute approximate surface area is 151 Å². The van der Waals surface area contributed by atoms with Gasteiger partial charge < -0.3 is 20.6 Å². The van der Waals surface area contributed by atoms with Crippen LogP contribution in [-0.2, 0) is 14.4 Å². The molecule has 0 spiro atoms. The smallest absolute Gasteiger partial charge is 0.303 e. The number of rotatable bonds is 13. The maximum absolute atomic E-state index is 12.3. The van der Waals surface area contributed by atoms with Crippen LogP contribution in [0.15, 0.2) is 0 Å². The van der Waals surface area contributed by atoms with E-state index in [-0.39, 0.29) is 36.1 Å². The second kappa shape index (κ2) is 12.7. The molecule has 0 fully saturated rings. The van der Waals surface area contributed by atoms with Crippen LogP contribution in [0.1, 0.15) is 52.9 Å². The van der Waals surface area contributed by atoms with Crippen molar-refractivity contribution < 1.29 is 19.5 Å². The number of carbonyl (C=O) groups excluding carboxylic acids is 2. The second-order valence-corrected chi connectivity index (χ2v) is 7.23. The molecule has 7 heteroatoms. The van der Waals surface area contributed by atoms with Crippen LogP contribution in [0.4, 0.5) is 0 Å². The van der Waals surface area contributed by atoms with Gasteiger partial charge in [0.2, 0.25) is 11.8 Å². The first-order valence-corrected chi connectivity index (χ1v) is 9.08. The van der Waals surface area contributed by atoms with Crippen molar-refractivity contribution in [1.82, 2.24) is 15.5 Å². The predicted molar refractivity (Wildman–Crippen MR) is 98.2 cm³/mol. The molecule has 0 saturated heterocycles. The molecule has 0 aromatic carbocycles. The van der Waals surface area contributed by atoms with Gasteiger partial charge in [-0.2, -0.15) is 0 Å². The van der Waals surface area contributed by atoms with Crippen molar-refractivity contribution in [2.75, 3.05) is 27.2 Å². The van der Waals surface area contributed by atoms with Gasteiger partial charge in [-0.05, 0) is 60.2 Å². The Bertz CT molecular complexity index is 425. The van der Waals surface area contributed by atoms with Crippen molar-refractivity contribution in [2.24, 2.45) is 11.8 Å². The lowest BCUT2D eigenvalue weighted by Crippen LogP contribution is -2.38. The quantitative estimate of drug-likeness (QED) is 0.434. The average molecular weight is 357 g/mol. The highest BCUT2D eigenvalue weighted by Gasteiger charge is 2.24. The Morgan fingerprint density at radius 1 is 1.04 bits per heavy atom. The molecule has 0 saturated carbocycles.